The summed E-state index contributed by atoms with van der Waals surface area (Å²) in [5.41, 5.74) is 0. The zero-order chi connectivity index (χ0) is 15.5. The van der Waals surface area contributed by atoms with Crippen molar-refractivity contribution >= 4 is 5.91 Å². The van der Waals surface area contributed by atoms with Crippen LogP contribution in [0.15, 0.2) is 0 Å². The molecule has 2 rings (SSSR count). The molecule has 2 fully saturated rings. The molecule has 2 aliphatic heterocycles. The third-order valence-corrected chi connectivity index (χ3v) is 4.12. The molecule has 3 N–H and O–H groups in total. The van der Waals surface area contributed by atoms with E-state index in [9.17, 15) is 23.1 Å². The van der Waals surface area contributed by atoms with E-state index in [2.05, 4.69) is 10.6 Å². The number of rotatable bonds is 4. The van der Waals surface area contributed by atoms with Crippen molar-refractivity contribution in [2.75, 3.05) is 39.3 Å². The zero-order valence-electron chi connectivity index (χ0n) is 11.8. The Morgan fingerprint density at radius 3 is 2.76 bits per heavy atom. The summed E-state index contributed by atoms with van der Waals surface area (Å²) in [6.45, 7) is 1.10. The Morgan fingerprint density at radius 1 is 1.38 bits per heavy atom. The fourth-order valence-electron chi connectivity index (χ4n) is 2.97. The molecule has 0 spiro atoms. The Kier molecular flexibility index (Phi) is 5.45. The molecule has 0 aromatic carbocycles. The molecule has 0 aromatic heterocycles. The molecule has 2 heterocycles. The van der Waals surface area contributed by atoms with Gasteiger partial charge in [0.15, 0.2) is 0 Å². The molecule has 8 heteroatoms. The Balaban J connectivity index is 1.76. The van der Waals surface area contributed by atoms with E-state index < -0.39 is 24.7 Å². The quantitative estimate of drug-likeness (QED) is 0.682. The highest BCUT2D eigenvalue weighted by molar-refractivity contribution is 5.79. The van der Waals surface area contributed by atoms with Crippen molar-refractivity contribution < 1.29 is 23.1 Å². The second-order valence-corrected chi connectivity index (χ2v) is 5.92. The average Bonchev–Trinajstić information content (AvgIpc) is 2.80. The van der Waals surface area contributed by atoms with E-state index in [1.165, 1.54) is 4.90 Å². The summed E-state index contributed by atoms with van der Waals surface area (Å²) in [5.74, 6) is -0.627. The fourth-order valence-corrected chi connectivity index (χ4v) is 2.97. The maximum atomic E-state index is 12.4. The molecule has 3 atom stereocenters. The lowest BCUT2D eigenvalue weighted by atomic mass is 9.96. The Bertz CT molecular complexity index is 365. The predicted molar refractivity (Wildman–Crippen MR) is 70.6 cm³/mol. The minimum atomic E-state index is -4.22. The van der Waals surface area contributed by atoms with Crippen molar-refractivity contribution in [3.05, 3.63) is 0 Å². The zero-order valence-corrected chi connectivity index (χ0v) is 11.8. The number of carbonyl (C=O) groups is 1. The summed E-state index contributed by atoms with van der Waals surface area (Å²) in [4.78, 5) is 13.3. The van der Waals surface area contributed by atoms with Gasteiger partial charge in [-0.2, -0.15) is 13.2 Å². The van der Waals surface area contributed by atoms with Crippen LogP contribution in [-0.4, -0.2) is 67.5 Å². The number of aliphatic hydroxyl groups excluding tert-OH is 1. The molecule has 122 valence electrons. The summed E-state index contributed by atoms with van der Waals surface area (Å²) >= 11 is 0. The van der Waals surface area contributed by atoms with Gasteiger partial charge in [0.2, 0.25) is 5.91 Å². The molecule has 2 saturated heterocycles. The van der Waals surface area contributed by atoms with Crippen molar-refractivity contribution in [2.45, 2.75) is 25.1 Å². The Labute approximate surface area is 121 Å². The number of aliphatic hydroxyl groups is 1. The lowest BCUT2D eigenvalue weighted by molar-refractivity contribution is -0.152. The summed E-state index contributed by atoms with van der Waals surface area (Å²) < 4.78 is 37.2. The normalized spacial score (nSPS) is 31.3. The van der Waals surface area contributed by atoms with Crippen LogP contribution in [0.25, 0.3) is 0 Å². The van der Waals surface area contributed by atoms with Gasteiger partial charge in [-0.3, -0.25) is 9.69 Å². The number of halogens is 3. The lowest BCUT2D eigenvalue weighted by Gasteiger charge is -2.32. The van der Waals surface area contributed by atoms with Crippen LogP contribution < -0.4 is 10.6 Å². The summed E-state index contributed by atoms with van der Waals surface area (Å²) in [5, 5.41) is 15.4. The van der Waals surface area contributed by atoms with Crippen LogP contribution in [-0.2, 0) is 4.79 Å². The van der Waals surface area contributed by atoms with Crippen LogP contribution in [0.5, 0.6) is 0 Å². The van der Waals surface area contributed by atoms with Crippen molar-refractivity contribution in [3.8, 4) is 0 Å². The van der Waals surface area contributed by atoms with E-state index >= 15 is 0 Å². The van der Waals surface area contributed by atoms with Gasteiger partial charge in [0.1, 0.15) is 0 Å². The first-order valence-electron chi connectivity index (χ1n) is 7.31. The first-order valence-corrected chi connectivity index (χ1v) is 7.31. The van der Waals surface area contributed by atoms with Gasteiger partial charge in [0.05, 0.1) is 18.6 Å². The molecule has 5 nitrogen and oxygen atoms in total. The number of carbonyl (C=O) groups excluding carboxylic acids is 1. The molecule has 2 aliphatic rings. The minimum absolute atomic E-state index is 0.0242. The van der Waals surface area contributed by atoms with E-state index in [-0.39, 0.29) is 18.4 Å². The van der Waals surface area contributed by atoms with Gasteiger partial charge in [-0.05, 0) is 19.4 Å². The van der Waals surface area contributed by atoms with Crippen LogP contribution in [0.1, 0.15) is 12.8 Å². The summed E-state index contributed by atoms with van der Waals surface area (Å²) in [6, 6.07) is 0. The van der Waals surface area contributed by atoms with Gasteiger partial charge in [0, 0.05) is 32.1 Å². The van der Waals surface area contributed by atoms with Crippen molar-refractivity contribution in [2.24, 2.45) is 11.8 Å². The summed E-state index contributed by atoms with van der Waals surface area (Å²) in [7, 11) is 0. The van der Waals surface area contributed by atoms with Crippen LogP contribution in [0.4, 0.5) is 13.2 Å². The smallest absolute Gasteiger partial charge is 0.391 e. The number of nitrogens with one attached hydrogen (secondary N) is 2. The molecule has 0 aliphatic carbocycles. The Hall–Kier alpha value is -0.860. The van der Waals surface area contributed by atoms with Crippen LogP contribution in [0, 0.1) is 11.8 Å². The van der Waals surface area contributed by atoms with Crippen molar-refractivity contribution in [1.29, 1.82) is 0 Å². The van der Waals surface area contributed by atoms with E-state index in [0.29, 0.717) is 39.0 Å². The van der Waals surface area contributed by atoms with Gasteiger partial charge < -0.3 is 15.7 Å². The third-order valence-electron chi connectivity index (χ3n) is 4.12. The van der Waals surface area contributed by atoms with Gasteiger partial charge in [0.25, 0.3) is 0 Å². The molecule has 0 bridgehead atoms. The first kappa shape index (κ1) is 16.5. The first-order chi connectivity index (χ1) is 9.85. The highest BCUT2D eigenvalue weighted by atomic mass is 19.4. The largest absolute Gasteiger partial charge is 0.401 e. The SMILES string of the molecule is O=C(NCC1CNCC1O)C1CCCN(CC(F)(F)F)C1. The highest BCUT2D eigenvalue weighted by Crippen LogP contribution is 2.22. The number of nitrogens with zero attached hydrogens (tertiary/aromatic N) is 1. The van der Waals surface area contributed by atoms with Crippen LogP contribution in [0.3, 0.4) is 0 Å². The maximum absolute atomic E-state index is 12.4. The van der Waals surface area contributed by atoms with Crippen molar-refractivity contribution in [3.63, 3.8) is 0 Å². The average molecular weight is 309 g/mol. The number of hydrogen-bond donors (Lipinski definition) is 3. The van der Waals surface area contributed by atoms with Crippen LogP contribution >= 0.6 is 0 Å². The number of hydrogen-bond acceptors (Lipinski definition) is 4. The molecular weight excluding hydrogens is 287 g/mol. The Morgan fingerprint density at radius 2 is 2.14 bits per heavy atom. The third kappa shape index (κ3) is 5.12. The molecule has 1 amide bonds. The number of alkyl halides is 3. The topological polar surface area (TPSA) is 64.6 Å². The van der Waals surface area contributed by atoms with E-state index in [1.54, 1.807) is 0 Å². The molecule has 21 heavy (non-hydrogen) atoms. The molecule has 0 radical (unpaired) electrons. The second-order valence-electron chi connectivity index (χ2n) is 5.92. The van der Waals surface area contributed by atoms with Gasteiger partial charge in [-0.1, -0.05) is 0 Å². The standard InChI is InChI=1S/C13H22F3N3O2/c14-13(15,16)8-19-3-1-2-9(7-19)12(21)18-5-10-4-17-6-11(10)20/h9-11,17,20H,1-8H2,(H,18,21). The molecule has 0 saturated carbocycles. The number of piperidine rings is 1. The number of amides is 1. The van der Waals surface area contributed by atoms with Crippen LogP contribution in [0.2, 0.25) is 0 Å². The fraction of sp³-hybridized carbons (Fsp3) is 0.923. The van der Waals surface area contributed by atoms with E-state index in [1.807, 2.05) is 0 Å². The van der Waals surface area contributed by atoms with E-state index in [4.69, 9.17) is 0 Å². The lowest BCUT2D eigenvalue weighted by Crippen LogP contribution is -2.47. The summed E-state index contributed by atoms with van der Waals surface area (Å²) in [6.07, 6.45) is -3.48. The highest BCUT2D eigenvalue weighted by Gasteiger charge is 2.35. The number of likely N-dealkylation sites (tertiary alicyclic amines) is 1. The predicted octanol–water partition coefficient (Wildman–Crippen LogP) is -0.0428. The number of β-amino-alcohol motifs (C(OH)–C–C–N with tert-alkyl or cyclic N) is 1. The van der Waals surface area contributed by atoms with Gasteiger partial charge >= 0.3 is 6.18 Å². The molecular formula is C13H22F3N3O2. The van der Waals surface area contributed by atoms with Gasteiger partial charge in [-0.25, -0.2) is 0 Å². The van der Waals surface area contributed by atoms with Crippen molar-refractivity contribution in [1.82, 2.24) is 15.5 Å². The molecule has 0 aromatic rings. The maximum Gasteiger partial charge on any atom is 0.401 e. The second kappa shape index (κ2) is 6.93. The van der Waals surface area contributed by atoms with Gasteiger partial charge in [-0.15, -0.1) is 0 Å². The minimum Gasteiger partial charge on any atom is -0.391 e. The molecule has 3 unspecified atom stereocenters. The monoisotopic (exact) mass is 309 g/mol. The van der Waals surface area contributed by atoms with E-state index in [0.717, 1.165) is 0 Å².